The molecule has 0 amide bonds. The zero-order valence-corrected chi connectivity index (χ0v) is 13.3. The Kier molecular flexibility index (Phi) is 5.92. The molecule has 0 spiro atoms. The van der Waals surface area contributed by atoms with Crippen molar-refractivity contribution in [2.75, 3.05) is 14.2 Å². The normalized spacial score (nSPS) is 11.6. The van der Waals surface area contributed by atoms with Crippen molar-refractivity contribution < 1.29 is 19.1 Å². The highest BCUT2D eigenvalue weighted by atomic mass is 16.5. The van der Waals surface area contributed by atoms with E-state index in [1.165, 1.54) is 14.2 Å². The summed E-state index contributed by atoms with van der Waals surface area (Å²) in [6, 6.07) is 16.9. The van der Waals surface area contributed by atoms with Gasteiger partial charge in [0.25, 0.3) is 0 Å². The topological polar surface area (TPSA) is 52.6 Å². The first-order valence-corrected chi connectivity index (χ1v) is 7.43. The SMILES string of the molecule is COC(=O)c1ccccc1C[C@H](Cc1ccccc1)C(=O)OC. The standard InChI is InChI=1S/C19H20O4/c1-22-18(20)16(12-14-8-4-3-5-9-14)13-15-10-6-7-11-17(15)19(21)23-2/h3-11,16H,12-13H2,1-2H3/t16-/m0/s1. The molecule has 2 rings (SSSR count). The van der Waals surface area contributed by atoms with Crippen LogP contribution in [0.15, 0.2) is 54.6 Å². The van der Waals surface area contributed by atoms with Gasteiger partial charge in [-0.1, -0.05) is 48.5 Å². The van der Waals surface area contributed by atoms with Gasteiger partial charge in [0.1, 0.15) is 0 Å². The third kappa shape index (κ3) is 4.42. The molecule has 0 aliphatic heterocycles. The minimum absolute atomic E-state index is 0.284. The van der Waals surface area contributed by atoms with E-state index in [0.717, 1.165) is 11.1 Å². The second-order valence-electron chi connectivity index (χ2n) is 5.26. The maximum atomic E-state index is 12.1. The fourth-order valence-electron chi connectivity index (χ4n) is 2.58. The first kappa shape index (κ1) is 16.7. The van der Waals surface area contributed by atoms with Crippen molar-refractivity contribution in [2.45, 2.75) is 12.8 Å². The van der Waals surface area contributed by atoms with Crippen LogP contribution in [0.5, 0.6) is 0 Å². The van der Waals surface area contributed by atoms with Crippen molar-refractivity contribution in [1.29, 1.82) is 0 Å². The Balaban J connectivity index is 2.25. The molecule has 1 atom stereocenters. The summed E-state index contributed by atoms with van der Waals surface area (Å²) in [5.74, 6) is -1.04. The Morgan fingerprint density at radius 2 is 1.52 bits per heavy atom. The lowest BCUT2D eigenvalue weighted by molar-refractivity contribution is -0.145. The van der Waals surface area contributed by atoms with E-state index in [2.05, 4.69) is 0 Å². The second-order valence-corrected chi connectivity index (χ2v) is 5.26. The summed E-state index contributed by atoms with van der Waals surface area (Å²) >= 11 is 0. The highest BCUT2D eigenvalue weighted by Crippen LogP contribution is 2.19. The maximum absolute atomic E-state index is 12.1. The third-order valence-corrected chi connectivity index (χ3v) is 3.75. The summed E-state index contributed by atoms with van der Waals surface area (Å²) in [6.07, 6.45) is 0.982. The number of carbonyl (C=O) groups is 2. The van der Waals surface area contributed by atoms with Crippen molar-refractivity contribution in [2.24, 2.45) is 5.92 Å². The Hall–Kier alpha value is -2.62. The average molecular weight is 312 g/mol. The quantitative estimate of drug-likeness (QED) is 0.769. The fraction of sp³-hybridized carbons (Fsp3) is 0.263. The molecular formula is C19H20O4. The smallest absolute Gasteiger partial charge is 0.338 e. The molecule has 4 heteroatoms. The van der Waals surface area contributed by atoms with E-state index in [1.54, 1.807) is 12.1 Å². The lowest BCUT2D eigenvalue weighted by Crippen LogP contribution is -2.22. The van der Waals surface area contributed by atoms with Gasteiger partial charge >= 0.3 is 11.9 Å². The van der Waals surface area contributed by atoms with Gasteiger partial charge in [-0.3, -0.25) is 4.79 Å². The van der Waals surface area contributed by atoms with Crippen LogP contribution in [0.3, 0.4) is 0 Å². The predicted octanol–water partition coefficient (Wildman–Crippen LogP) is 3.05. The minimum Gasteiger partial charge on any atom is -0.469 e. The Morgan fingerprint density at radius 1 is 0.870 bits per heavy atom. The highest BCUT2D eigenvalue weighted by molar-refractivity contribution is 5.91. The predicted molar refractivity (Wildman–Crippen MR) is 87.1 cm³/mol. The summed E-state index contributed by atoms with van der Waals surface area (Å²) in [7, 11) is 2.73. The van der Waals surface area contributed by atoms with Gasteiger partial charge in [0.05, 0.1) is 25.7 Å². The number of rotatable bonds is 6. The van der Waals surface area contributed by atoms with E-state index in [4.69, 9.17) is 9.47 Å². The molecule has 0 bridgehead atoms. The first-order valence-electron chi connectivity index (χ1n) is 7.43. The van der Waals surface area contributed by atoms with E-state index in [1.807, 2.05) is 42.5 Å². The molecule has 2 aromatic carbocycles. The second kappa shape index (κ2) is 8.13. The van der Waals surface area contributed by atoms with Crippen LogP contribution >= 0.6 is 0 Å². The van der Waals surface area contributed by atoms with Crippen LogP contribution in [0, 0.1) is 5.92 Å². The van der Waals surface area contributed by atoms with Crippen molar-refractivity contribution in [3.63, 3.8) is 0 Å². The first-order chi connectivity index (χ1) is 11.2. The van der Waals surface area contributed by atoms with Gasteiger partial charge in [-0.15, -0.1) is 0 Å². The highest BCUT2D eigenvalue weighted by Gasteiger charge is 2.23. The number of ether oxygens (including phenoxy) is 2. The van der Waals surface area contributed by atoms with Crippen LogP contribution < -0.4 is 0 Å². The van der Waals surface area contributed by atoms with Gasteiger partial charge in [0.2, 0.25) is 0 Å². The molecule has 0 N–H and O–H groups in total. The van der Waals surface area contributed by atoms with Gasteiger partial charge in [-0.25, -0.2) is 4.79 Å². The fourth-order valence-corrected chi connectivity index (χ4v) is 2.58. The van der Waals surface area contributed by atoms with Gasteiger partial charge in [0.15, 0.2) is 0 Å². The molecule has 0 aliphatic carbocycles. The Morgan fingerprint density at radius 3 is 2.17 bits per heavy atom. The van der Waals surface area contributed by atoms with Crippen LogP contribution in [0.2, 0.25) is 0 Å². The summed E-state index contributed by atoms with van der Waals surface area (Å²) in [4.78, 5) is 24.0. The molecule has 0 radical (unpaired) electrons. The summed E-state index contributed by atoms with van der Waals surface area (Å²) in [6.45, 7) is 0. The van der Waals surface area contributed by atoms with Crippen molar-refractivity contribution in [3.05, 3.63) is 71.3 Å². The molecule has 0 fully saturated rings. The van der Waals surface area contributed by atoms with E-state index in [0.29, 0.717) is 18.4 Å². The summed E-state index contributed by atoms with van der Waals surface area (Å²) < 4.78 is 9.74. The molecule has 0 aromatic heterocycles. The molecule has 0 saturated carbocycles. The maximum Gasteiger partial charge on any atom is 0.338 e. The molecule has 0 aliphatic rings. The molecular weight excluding hydrogens is 292 g/mol. The Labute approximate surface area is 136 Å². The zero-order valence-electron chi connectivity index (χ0n) is 13.3. The van der Waals surface area contributed by atoms with Crippen LogP contribution in [-0.4, -0.2) is 26.2 Å². The minimum atomic E-state index is -0.399. The molecule has 0 heterocycles. The van der Waals surface area contributed by atoms with Gasteiger partial charge in [0, 0.05) is 0 Å². The van der Waals surface area contributed by atoms with Crippen molar-refractivity contribution >= 4 is 11.9 Å². The summed E-state index contributed by atoms with van der Waals surface area (Å²) in [5, 5.41) is 0. The monoisotopic (exact) mass is 312 g/mol. The number of carbonyl (C=O) groups excluding carboxylic acids is 2. The van der Waals surface area contributed by atoms with Crippen LogP contribution in [0.25, 0.3) is 0 Å². The molecule has 120 valence electrons. The number of hydrogen-bond acceptors (Lipinski definition) is 4. The molecule has 23 heavy (non-hydrogen) atoms. The van der Waals surface area contributed by atoms with Crippen molar-refractivity contribution in [3.8, 4) is 0 Å². The van der Waals surface area contributed by atoms with Crippen LogP contribution in [0.1, 0.15) is 21.5 Å². The van der Waals surface area contributed by atoms with Gasteiger partial charge < -0.3 is 9.47 Å². The van der Waals surface area contributed by atoms with Crippen LogP contribution in [0.4, 0.5) is 0 Å². The van der Waals surface area contributed by atoms with Crippen LogP contribution in [-0.2, 0) is 27.1 Å². The van der Waals surface area contributed by atoms with Gasteiger partial charge in [-0.2, -0.15) is 0 Å². The Bertz CT molecular complexity index is 664. The molecule has 2 aromatic rings. The van der Waals surface area contributed by atoms with E-state index >= 15 is 0 Å². The largest absolute Gasteiger partial charge is 0.469 e. The lowest BCUT2D eigenvalue weighted by Gasteiger charge is -2.16. The number of methoxy groups -OCH3 is 2. The van der Waals surface area contributed by atoms with E-state index in [9.17, 15) is 9.59 Å². The number of hydrogen-bond donors (Lipinski definition) is 0. The lowest BCUT2D eigenvalue weighted by atomic mass is 9.90. The van der Waals surface area contributed by atoms with Crippen molar-refractivity contribution in [1.82, 2.24) is 0 Å². The molecule has 0 saturated heterocycles. The van der Waals surface area contributed by atoms with Gasteiger partial charge in [-0.05, 0) is 30.0 Å². The molecule has 4 nitrogen and oxygen atoms in total. The zero-order chi connectivity index (χ0) is 16.7. The third-order valence-electron chi connectivity index (χ3n) is 3.75. The number of benzene rings is 2. The number of esters is 2. The molecule has 0 unspecified atom stereocenters. The average Bonchev–Trinajstić information content (AvgIpc) is 2.61. The summed E-state index contributed by atoms with van der Waals surface area (Å²) in [5.41, 5.74) is 2.32. The van der Waals surface area contributed by atoms with E-state index < -0.39 is 5.97 Å². The van der Waals surface area contributed by atoms with E-state index in [-0.39, 0.29) is 11.9 Å².